The highest BCUT2D eigenvalue weighted by Crippen LogP contribution is 2.27. The van der Waals surface area contributed by atoms with Crippen molar-refractivity contribution in [1.82, 2.24) is 5.32 Å². The van der Waals surface area contributed by atoms with E-state index in [1.54, 1.807) is 0 Å². The summed E-state index contributed by atoms with van der Waals surface area (Å²) in [5.41, 5.74) is 0.0725. The topological polar surface area (TPSA) is 38.3 Å². The van der Waals surface area contributed by atoms with Crippen molar-refractivity contribution in [3.05, 3.63) is 0 Å². The summed E-state index contributed by atoms with van der Waals surface area (Å²) < 4.78 is 5.37. The van der Waals surface area contributed by atoms with Gasteiger partial charge in [-0.05, 0) is 6.42 Å². The average molecular weight is 201 g/mol. The van der Waals surface area contributed by atoms with Crippen LogP contribution in [-0.4, -0.2) is 25.2 Å². The Hall–Kier alpha value is -0.570. The van der Waals surface area contributed by atoms with E-state index in [9.17, 15) is 4.79 Å². The van der Waals surface area contributed by atoms with Gasteiger partial charge in [0.25, 0.3) is 0 Å². The Balaban J connectivity index is 0.00000196. The fraction of sp³-hybridized carbons (Fsp3) is 0.909. The van der Waals surface area contributed by atoms with Crippen LogP contribution in [0.3, 0.4) is 0 Å². The highest BCUT2D eigenvalue weighted by molar-refractivity contribution is 5.78. The molecule has 0 aromatic heterocycles. The van der Waals surface area contributed by atoms with Crippen LogP contribution in [0.15, 0.2) is 0 Å². The van der Waals surface area contributed by atoms with Gasteiger partial charge in [-0.2, -0.15) is 0 Å². The molecule has 0 aromatic carbocycles. The van der Waals surface area contributed by atoms with Crippen molar-refractivity contribution in [1.29, 1.82) is 0 Å². The standard InChI is InChI=1S/C11H21NO2.H2/c1-5-8(2)10(13)12-9-6-14-7-11(9,3)4;/h8-9H,5-7H2,1-4H3,(H,12,13);1H. The van der Waals surface area contributed by atoms with Crippen LogP contribution in [0.2, 0.25) is 0 Å². The van der Waals surface area contributed by atoms with E-state index < -0.39 is 0 Å². The van der Waals surface area contributed by atoms with Crippen LogP contribution in [0, 0.1) is 11.3 Å². The smallest absolute Gasteiger partial charge is 0.223 e. The van der Waals surface area contributed by atoms with Crippen LogP contribution in [-0.2, 0) is 9.53 Å². The monoisotopic (exact) mass is 201 g/mol. The molecule has 1 saturated heterocycles. The van der Waals surface area contributed by atoms with Crippen LogP contribution in [0.1, 0.15) is 35.5 Å². The molecule has 1 rings (SSSR count). The molecule has 0 radical (unpaired) electrons. The lowest BCUT2D eigenvalue weighted by atomic mass is 9.87. The van der Waals surface area contributed by atoms with Crippen molar-refractivity contribution < 1.29 is 11.0 Å². The zero-order valence-corrected chi connectivity index (χ0v) is 9.59. The van der Waals surface area contributed by atoms with Gasteiger partial charge in [0.1, 0.15) is 0 Å². The Kier molecular flexibility index (Phi) is 3.53. The number of ether oxygens (including phenoxy) is 1. The minimum Gasteiger partial charge on any atom is -0.379 e. The summed E-state index contributed by atoms with van der Waals surface area (Å²) in [6, 6.07) is 0.170. The molecule has 1 aliphatic heterocycles. The number of nitrogens with one attached hydrogen (secondary N) is 1. The SMILES string of the molecule is CCC(C)C(=O)NC1COCC1(C)C.[HH]. The molecule has 1 N–H and O–H groups in total. The molecule has 0 spiro atoms. The van der Waals surface area contributed by atoms with E-state index in [1.807, 2.05) is 13.8 Å². The van der Waals surface area contributed by atoms with Gasteiger partial charge in [0.05, 0.1) is 19.3 Å². The van der Waals surface area contributed by atoms with E-state index in [4.69, 9.17) is 4.74 Å². The first-order valence-electron chi connectivity index (χ1n) is 5.35. The molecule has 1 aliphatic rings. The normalized spacial score (nSPS) is 27.3. The molecule has 3 heteroatoms. The highest BCUT2D eigenvalue weighted by atomic mass is 16.5. The third-order valence-corrected chi connectivity index (χ3v) is 3.08. The molecule has 3 nitrogen and oxygen atoms in total. The number of carbonyl (C=O) groups excluding carboxylic acids is 1. The minimum absolute atomic E-state index is 0. The molecule has 0 aliphatic carbocycles. The van der Waals surface area contributed by atoms with Crippen LogP contribution < -0.4 is 5.32 Å². The first-order chi connectivity index (χ1) is 6.47. The first kappa shape index (κ1) is 11.5. The van der Waals surface area contributed by atoms with E-state index in [-0.39, 0.29) is 24.7 Å². The Morgan fingerprint density at radius 3 is 2.79 bits per heavy atom. The molecule has 14 heavy (non-hydrogen) atoms. The predicted octanol–water partition coefficient (Wildman–Crippen LogP) is 1.82. The maximum Gasteiger partial charge on any atom is 0.223 e. The zero-order chi connectivity index (χ0) is 10.8. The van der Waals surface area contributed by atoms with Crippen LogP contribution in [0.5, 0.6) is 0 Å². The molecule has 1 fully saturated rings. The molecule has 0 saturated carbocycles. The lowest BCUT2D eigenvalue weighted by Crippen LogP contribution is -2.46. The van der Waals surface area contributed by atoms with Gasteiger partial charge in [-0.1, -0.05) is 27.7 Å². The van der Waals surface area contributed by atoms with Crippen LogP contribution in [0.25, 0.3) is 0 Å². The Morgan fingerprint density at radius 2 is 2.36 bits per heavy atom. The quantitative estimate of drug-likeness (QED) is 0.756. The minimum atomic E-state index is 0. The lowest BCUT2D eigenvalue weighted by Gasteiger charge is -2.26. The van der Waals surface area contributed by atoms with Gasteiger partial charge in [-0.3, -0.25) is 4.79 Å². The molecular formula is C11H23NO2. The van der Waals surface area contributed by atoms with E-state index in [1.165, 1.54) is 0 Å². The van der Waals surface area contributed by atoms with Gasteiger partial charge < -0.3 is 10.1 Å². The van der Waals surface area contributed by atoms with E-state index in [0.717, 1.165) is 13.0 Å². The average Bonchev–Trinajstić information content (AvgIpc) is 2.44. The van der Waals surface area contributed by atoms with E-state index in [0.29, 0.717) is 6.61 Å². The molecule has 2 unspecified atom stereocenters. The summed E-state index contributed by atoms with van der Waals surface area (Å²) in [6.07, 6.45) is 0.889. The maximum absolute atomic E-state index is 11.7. The van der Waals surface area contributed by atoms with Gasteiger partial charge in [0.2, 0.25) is 5.91 Å². The number of amides is 1. The number of hydrogen-bond donors (Lipinski definition) is 1. The van der Waals surface area contributed by atoms with E-state index >= 15 is 0 Å². The van der Waals surface area contributed by atoms with Crippen LogP contribution >= 0.6 is 0 Å². The molecule has 0 bridgehead atoms. The van der Waals surface area contributed by atoms with Gasteiger partial charge in [0.15, 0.2) is 0 Å². The van der Waals surface area contributed by atoms with Crippen molar-refractivity contribution in [3.8, 4) is 0 Å². The molecule has 1 amide bonds. The van der Waals surface area contributed by atoms with Crippen molar-refractivity contribution in [3.63, 3.8) is 0 Å². The second-order valence-electron chi connectivity index (χ2n) is 4.87. The first-order valence-corrected chi connectivity index (χ1v) is 5.35. The fourth-order valence-electron chi connectivity index (χ4n) is 1.50. The fourth-order valence-corrected chi connectivity index (χ4v) is 1.50. The Morgan fingerprint density at radius 1 is 1.71 bits per heavy atom. The molecule has 2 atom stereocenters. The van der Waals surface area contributed by atoms with Gasteiger partial charge in [-0.25, -0.2) is 0 Å². The molecule has 1 heterocycles. The third kappa shape index (κ3) is 2.47. The summed E-state index contributed by atoms with van der Waals surface area (Å²) in [4.78, 5) is 11.7. The summed E-state index contributed by atoms with van der Waals surface area (Å²) in [5.74, 6) is 0.252. The highest BCUT2D eigenvalue weighted by Gasteiger charge is 2.36. The predicted molar refractivity (Wildman–Crippen MR) is 58.1 cm³/mol. The van der Waals surface area contributed by atoms with Gasteiger partial charge in [-0.15, -0.1) is 0 Å². The second kappa shape index (κ2) is 4.30. The van der Waals surface area contributed by atoms with Crippen molar-refractivity contribution in [2.45, 2.75) is 40.2 Å². The third-order valence-electron chi connectivity index (χ3n) is 3.08. The zero-order valence-electron chi connectivity index (χ0n) is 9.59. The number of hydrogen-bond acceptors (Lipinski definition) is 2. The largest absolute Gasteiger partial charge is 0.379 e. The van der Waals surface area contributed by atoms with E-state index in [2.05, 4.69) is 19.2 Å². The maximum atomic E-state index is 11.7. The van der Waals surface area contributed by atoms with Crippen molar-refractivity contribution in [2.24, 2.45) is 11.3 Å². The van der Waals surface area contributed by atoms with Gasteiger partial charge in [0, 0.05) is 12.8 Å². The molecular weight excluding hydrogens is 178 g/mol. The van der Waals surface area contributed by atoms with Gasteiger partial charge >= 0.3 is 0 Å². The summed E-state index contributed by atoms with van der Waals surface area (Å²) >= 11 is 0. The van der Waals surface area contributed by atoms with Crippen molar-refractivity contribution >= 4 is 5.91 Å². The molecule has 0 aromatic rings. The van der Waals surface area contributed by atoms with Crippen molar-refractivity contribution in [2.75, 3.05) is 13.2 Å². The molecule has 84 valence electrons. The lowest BCUT2D eigenvalue weighted by molar-refractivity contribution is -0.125. The number of carbonyl (C=O) groups is 1. The second-order valence-corrected chi connectivity index (χ2v) is 4.87. The number of rotatable bonds is 3. The summed E-state index contributed by atoms with van der Waals surface area (Å²) in [6.45, 7) is 9.62. The summed E-state index contributed by atoms with van der Waals surface area (Å²) in [5, 5.41) is 3.06. The Bertz CT molecular complexity index is 219. The van der Waals surface area contributed by atoms with Crippen LogP contribution in [0.4, 0.5) is 0 Å². The summed E-state index contributed by atoms with van der Waals surface area (Å²) in [7, 11) is 0. The Labute approximate surface area is 87.7 Å².